The molecule has 1 rings (SSSR count). The number of carboxylic acid groups (broad SMARTS) is 1. The number of nitrogens with one attached hydrogen (secondary N) is 2. The normalized spacial score (nSPS) is 11.0. The summed E-state index contributed by atoms with van der Waals surface area (Å²) in [7, 11) is -3.10. The van der Waals surface area contributed by atoms with Gasteiger partial charge in [0.05, 0.1) is 11.4 Å². The van der Waals surface area contributed by atoms with Crippen LogP contribution in [-0.4, -0.2) is 44.1 Å². The van der Waals surface area contributed by atoms with E-state index < -0.39 is 33.2 Å². The van der Waals surface area contributed by atoms with Crippen LogP contribution in [0.15, 0.2) is 18.2 Å². The van der Waals surface area contributed by atoms with Crippen LogP contribution in [0.1, 0.15) is 16.8 Å². The topological polar surface area (TPSA) is 113 Å². The second-order valence-corrected chi connectivity index (χ2v) is 6.59. The second-order valence-electron chi connectivity index (χ2n) is 4.33. The van der Waals surface area contributed by atoms with Crippen molar-refractivity contribution >= 4 is 27.5 Å². The first-order valence-corrected chi connectivity index (χ1v) is 8.01. The summed E-state index contributed by atoms with van der Waals surface area (Å²) in [5, 5.41) is 13.5. The minimum absolute atomic E-state index is 0.0758. The lowest BCUT2D eigenvalue weighted by molar-refractivity contribution is 0.0693. The van der Waals surface area contributed by atoms with Gasteiger partial charge in [0.15, 0.2) is 0 Å². The number of urea groups is 1. The first-order chi connectivity index (χ1) is 9.70. The van der Waals surface area contributed by atoms with E-state index in [1.807, 2.05) is 0 Å². The molecule has 21 heavy (non-hydrogen) atoms. The molecule has 1 aromatic rings. The SMILES string of the molecule is CS(=O)(=O)CCCNC(=O)Nc1cccc(F)c1C(=O)O. The van der Waals surface area contributed by atoms with Gasteiger partial charge < -0.3 is 15.7 Å². The second kappa shape index (κ2) is 7.02. The zero-order valence-electron chi connectivity index (χ0n) is 11.2. The Morgan fingerprint density at radius 2 is 2.00 bits per heavy atom. The molecule has 0 saturated heterocycles. The molecule has 116 valence electrons. The van der Waals surface area contributed by atoms with Crippen LogP contribution in [0.5, 0.6) is 0 Å². The van der Waals surface area contributed by atoms with Gasteiger partial charge in [-0.05, 0) is 18.6 Å². The highest BCUT2D eigenvalue weighted by molar-refractivity contribution is 7.90. The largest absolute Gasteiger partial charge is 0.478 e. The zero-order valence-corrected chi connectivity index (χ0v) is 12.0. The molecule has 0 fully saturated rings. The maximum atomic E-state index is 13.4. The van der Waals surface area contributed by atoms with Crippen molar-refractivity contribution in [2.24, 2.45) is 0 Å². The number of sulfone groups is 1. The van der Waals surface area contributed by atoms with E-state index in [1.165, 1.54) is 12.1 Å². The Morgan fingerprint density at radius 3 is 2.57 bits per heavy atom. The van der Waals surface area contributed by atoms with Gasteiger partial charge in [0.2, 0.25) is 0 Å². The number of benzene rings is 1. The van der Waals surface area contributed by atoms with E-state index >= 15 is 0 Å². The summed E-state index contributed by atoms with van der Waals surface area (Å²) >= 11 is 0. The predicted octanol–water partition coefficient (Wildman–Crippen LogP) is 1.08. The molecular formula is C12H15FN2O5S. The molecule has 0 aliphatic rings. The van der Waals surface area contributed by atoms with E-state index in [-0.39, 0.29) is 24.4 Å². The lowest BCUT2D eigenvalue weighted by Gasteiger charge is -2.10. The summed E-state index contributed by atoms with van der Waals surface area (Å²) in [6.07, 6.45) is 1.31. The highest BCUT2D eigenvalue weighted by Crippen LogP contribution is 2.18. The lowest BCUT2D eigenvalue weighted by atomic mass is 10.1. The minimum Gasteiger partial charge on any atom is -0.478 e. The molecular weight excluding hydrogens is 303 g/mol. The summed E-state index contributed by atoms with van der Waals surface area (Å²) in [5.74, 6) is -2.54. The highest BCUT2D eigenvalue weighted by Gasteiger charge is 2.17. The van der Waals surface area contributed by atoms with Crippen LogP contribution in [0, 0.1) is 5.82 Å². The first-order valence-electron chi connectivity index (χ1n) is 5.95. The minimum atomic E-state index is -3.10. The maximum absolute atomic E-state index is 13.4. The van der Waals surface area contributed by atoms with Crippen molar-refractivity contribution in [3.8, 4) is 0 Å². The van der Waals surface area contributed by atoms with E-state index in [0.717, 1.165) is 12.3 Å². The molecule has 0 aliphatic heterocycles. The Labute approximate surface area is 121 Å². The van der Waals surface area contributed by atoms with Crippen LogP contribution in [0.2, 0.25) is 0 Å². The van der Waals surface area contributed by atoms with Gasteiger partial charge in [-0.1, -0.05) is 6.07 Å². The third-order valence-electron chi connectivity index (χ3n) is 2.45. The third kappa shape index (κ3) is 5.78. The van der Waals surface area contributed by atoms with E-state index in [2.05, 4.69) is 10.6 Å². The highest BCUT2D eigenvalue weighted by atomic mass is 32.2. The van der Waals surface area contributed by atoms with Crippen LogP contribution in [-0.2, 0) is 9.84 Å². The molecule has 0 spiro atoms. The molecule has 0 aliphatic carbocycles. The average molecular weight is 318 g/mol. The number of carboxylic acids is 1. The number of hydrogen-bond donors (Lipinski definition) is 3. The van der Waals surface area contributed by atoms with E-state index in [1.54, 1.807) is 0 Å². The summed E-state index contributed by atoms with van der Waals surface area (Å²) in [4.78, 5) is 22.5. The fraction of sp³-hybridized carbons (Fsp3) is 0.333. The standard InChI is InChI=1S/C12H15FN2O5S/c1-21(19,20)7-3-6-14-12(18)15-9-5-2-4-8(13)10(9)11(16)17/h2,4-5H,3,6-7H2,1H3,(H,16,17)(H2,14,15,18). The Morgan fingerprint density at radius 1 is 1.33 bits per heavy atom. The van der Waals surface area contributed by atoms with Gasteiger partial charge >= 0.3 is 12.0 Å². The number of carbonyl (C=O) groups excluding carboxylic acids is 1. The van der Waals surface area contributed by atoms with Crippen LogP contribution in [0.3, 0.4) is 0 Å². The number of rotatable bonds is 6. The van der Waals surface area contributed by atoms with Gasteiger partial charge in [-0.15, -0.1) is 0 Å². The summed E-state index contributed by atoms with van der Waals surface area (Å²) < 4.78 is 35.1. The molecule has 0 aromatic heterocycles. The van der Waals surface area contributed by atoms with Gasteiger partial charge in [-0.2, -0.15) is 0 Å². The maximum Gasteiger partial charge on any atom is 0.340 e. The molecule has 9 heteroatoms. The Kier molecular flexibility index (Phi) is 5.65. The molecule has 3 N–H and O–H groups in total. The molecule has 2 amide bonds. The van der Waals surface area contributed by atoms with Gasteiger partial charge in [0, 0.05) is 12.8 Å². The summed E-state index contributed by atoms with van der Waals surface area (Å²) in [5.41, 5.74) is -0.813. The average Bonchev–Trinajstić information content (AvgIpc) is 2.33. The van der Waals surface area contributed by atoms with Crippen molar-refractivity contribution in [1.29, 1.82) is 0 Å². The number of halogens is 1. The van der Waals surface area contributed by atoms with Gasteiger partial charge in [-0.25, -0.2) is 22.4 Å². The van der Waals surface area contributed by atoms with Crippen molar-refractivity contribution in [3.05, 3.63) is 29.6 Å². The van der Waals surface area contributed by atoms with E-state index in [0.29, 0.717) is 0 Å². The number of aromatic carboxylic acids is 1. The summed E-state index contributed by atoms with van der Waals surface area (Å²) in [6, 6.07) is 2.75. The van der Waals surface area contributed by atoms with Crippen LogP contribution in [0.25, 0.3) is 0 Å². The molecule has 0 unspecified atom stereocenters. The molecule has 0 atom stereocenters. The van der Waals surface area contributed by atoms with Crippen molar-refractivity contribution < 1.29 is 27.5 Å². The van der Waals surface area contributed by atoms with E-state index in [4.69, 9.17) is 5.11 Å². The van der Waals surface area contributed by atoms with Crippen molar-refractivity contribution in [2.75, 3.05) is 23.9 Å². The Balaban J connectivity index is 2.60. The first kappa shape index (κ1) is 16.9. The molecule has 7 nitrogen and oxygen atoms in total. The number of anilines is 1. The molecule has 0 heterocycles. The van der Waals surface area contributed by atoms with Crippen molar-refractivity contribution in [3.63, 3.8) is 0 Å². The van der Waals surface area contributed by atoms with Crippen LogP contribution >= 0.6 is 0 Å². The smallest absolute Gasteiger partial charge is 0.340 e. The molecule has 0 bridgehead atoms. The van der Waals surface area contributed by atoms with Crippen molar-refractivity contribution in [2.45, 2.75) is 6.42 Å². The molecule has 1 aromatic carbocycles. The van der Waals surface area contributed by atoms with Gasteiger partial charge in [0.25, 0.3) is 0 Å². The van der Waals surface area contributed by atoms with Crippen LogP contribution in [0.4, 0.5) is 14.9 Å². The number of amides is 2. The van der Waals surface area contributed by atoms with Gasteiger partial charge in [-0.3, -0.25) is 0 Å². The Bertz CT molecular complexity index is 645. The Hall–Kier alpha value is -2.16. The van der Waals surface area contributed by atoms with Gasteiger partial charge in [0.1, 0.15) is 21.2 Å². The number of hydrogen-bond acceptors (Lipinski definition) is 4. The lowest BCUT2D eigenvalue weighted by Crippen LogP contribution is -2.31. The van der Waals surface area contributed by atoms with Crippen LogP contribution < -0.4 is 10.6 Å². The predicted molar refractivity (Wildman–Crippen MR) is 74.7 cm³/mol. The van der Waals surface area contributed by atoms with Crippen molar-refractivity contribution in [1.82, 2.24) is 5.32 Å². The zero-order chi connectivity index (χ0) is 16.0. The monoisotopic (exact) mass is 318 g/mol. The third-order valence-corrected chi connectivity index (χ3v) is 3.48. The molecule has 0 saturated carbocycles. The number of carbonyl (C=O) groups is 2. The fourth-order valence-corrected chi connectivity index (χ4v) is 2.22. The summed E-state index contributed by atoms with van der Waals surface area (Å²) in [6.45, 7) is 0.0939. The molecule has 0 radical (unpaired) electrons. The van der Waals surface area contributed by atoms with E-state index in [9.17, 15) is 22.4 Å². The quantitative estimate of drug-likeness (QED) is 0.679. The fourth-order valence-electron chi connectivity index (χ4n) is 1.55.